The van der Waals surface area contributed by atoms with Gasteiger partial charge >= 0.3 is 6.03 Å². The van der Waals surface area contributed by atoms with Gasteiger partial charge in [-0.2, -0.15) is 0 Å². The maximum Gasteiger partial charge on any atom is 0.327 e. The van der Waals surface area contributed by atoms with Crippen molar-refractivity contribution in [3.63, 3.8) is 0 Å². The second kappa shape index (κ2) is 4.96. The van der Waals surface area contributed by atoms with E-state index in [-0.39, 0.29) is 37.0 Å². The van der Waals surface area contributed by atoms with Crippen molar-refractivity contribution in [3.8, 4) is 0 Å². The monoisotopic (exact) mass is 253 g/mol. The van der Waals surface area contributed by atoms with Crippen LogP contribution in [0.25, 0.3) is 0 Å². The van der Waals surface area contributed by atoms with Gasteiger partial charge in [0.2, 0.25) is 5.91 Å². The number of nitrogens with zero attached hydrogens (tertiary/aromatic N) is 3. The molecule has 0 aliphatic carbocycles. The number of carbonyl (C=O) groups excluding carboxylic acids is 3. The fourth-order valence-electron chi connectivity index (χ4n) is 2.52. The van der Waals surface area contributed by atoms with Crippen LogP contribution in [-0.2, 0) is 9.59 Å². The molecule has 0 aromatic carbocycles. The number of carbonyl (C=O) groups is 3. The minimum absolute atomic E-state index is 0.0711. The van der Waals surface area contributed by atoms with E-state index >= 15 is 0 Å². The Morgan fingerprint density at radius 3 is 2.61 bits per heavy atom. The summed E-state index contributed by atoms with van der Waals surface area (Å²) in [5, 5.41) is 0. The molecule has 1 atom stereocenters. The molecule has 0 aromatic heterocycles. The lowest BCUT2D eigenvalue weighted by Gasteiger charge is -2.34. The number of amides is 4. The summed E-state index contributed by atoms with van der Waals surface area (Å²) < 4.78 is 0. The van der Waals surface area contributed by atoms with Gasteiger partial charge in [0.25, 0.3) is 5.91 Å². The van der Waals surface area contributed by atoms with Gasteiger partial charge in [0.15, 0.2) is 0 Å². The lowest BCUT2D eigenvalue weighted by molar-refractivity contribution is -0.138. The summed E-state index contributed by atoms with van der Waals surface area (Å²) in [5.74, 6) is -0.417. The number of urea groups is 1. The predicted molar refractivity (Wildman–Crippen MR) is 64.8 cm³/mol. The summed E-state index contributed by atoms with van der Waals surface area (Å²) in [6.45, 7) is 2.69. The van der Waals surface area contributed by atoms with Crippen molar-refractivity contribution in [3.05, 3.63) is 0 Å². The topological polar surface area (TPSA) is 60.9 Å². The van der Waals surface area contributed by atoms with Gasteiger partial charge in [0.1, 0.15) is 13.1 Å². The maximum atomic E-state index is 12.1. The minimum Gasteiger partial charge on any atom is -0.338 e. The third-order valence-corrected chi connectivity index (χ3v) is 3.65. The molecule has 6 nitrogen and oxygen atoms in total. The normalized spacial score (nSPS) is 25.0. The average Bonchev–Trinajstić information content (AvgIpc) is 2.56. The predicted octanol–water partition coefficient (Wildman–Crippen LogP) is 0.281. The zero-order valence-electron chi connectivity index (χ0n) is 10.9. The lowest BCUT2D eigenvalue weighted by atomic mass is 10.0. The van der Waals surface area contributed by atoms with Crippen molar-refractivity contribution in [2.45, 2.75) is 32.2 Å². The van der Waals surface area contributed by atoms with Crippen LogP contribution in [0, 0.1) is 0 Å². The van der Waals surface area contributed by atoms with Crippen molar-refractivity contribution in [2.75, 3.05) is 26.7 Å². The van der Waals surface area contributed by atoms with Gasteiger partial charge in [0.05, 0.1) is 0 Å². The molecule has 2 rings (SSSR count). The molecule has 0 bridgehead atoms. The minimum atomic E-state index is -0.377. The first-order chi connectivity index (χ1) is 8.50. The van der Waals surface area contributed by atoms with E-state index in [0.717, 1.165) is 30.7 Å². The molecule has 2 heterocycles. The van der Waals surface area contributed by atoms with Gasteiger partial charge in [-0.05, 0) is 26.2 Å². The Bertz CT molecular complexity index is 383. The second-order valence-corrected chi connectivity index (χ2v) is 5.05. The van der Waals surface area contributed by atoms with E-state index in [0.29, 0.717) is 0 Å². The molecule has 2 aliphatic rings. The zero-order chi connectivity index (χ0) is 13.3. The highest BCUT2D eigenvalue weighted by Gasteiger charge is 2.36. The highest BCUT2D eigenvalue weighted by molar-refractivity contribution is 6.04. The van der Waals surface area contributed by atoms with E-state index < -0.39 is 0 Å². The van der Waals surface area contributed by atoms with E-state index in [1.165, 1.54) is 4.90 Å². The van der Waals surface area contributed by atoms with Gasteiger partial charge in [0, 0.05) is 19.6 Å². The maximum absolute atomic E-state index is 12.1. The van der Waals surface area contributed by atoms with Gasteiger partial charge < -0.3 is 9.80 Å². The van der Waals surface area contributed by atoms with Gasteiger partial charge in [-0.15, -0.1) is 0 Å². The molecule has 4 amide bonds. The molecule has 0 aromatic rings. The highest BCUT2D eigenvalue weighted by atomic mass is 16.2. The standard InChI is InChI=1S/C12H19N3O3/c1-9-5-3-4-6-14(9)11(17)8-15-10(16)7-13(2)12(15)18/h9H,3-8H2,1-2H3. The first-order valence-electron chi connectivity index (χ1n) is 6.35. The third kappa shape index (κ3) is 2.32. The summed E-state index contributed by atoms with van der Waals surface area (Å²) in [6, 6.07) is -0.171. The molecular formula is C12H19N3O3. The second-order valence-electron chi connectivity index (χ2n) is 5.05. The molecule has 2 saturated heterocycles. The molecule has 18 heavy (non-hydrogen) atoms. The fourth-order valence-corrected chi connectivity index (χ4v) is 2.52. The number of likely N-dealkylation sites (N-methyl/N-ethyl adjacent to an activating group) is 1. The van der Waals surface area contributed by atoms with Gasteiger partial charge in [-0.3, -0.25) is 14.5 Å². The fraction of sp³-hybridized carbons (Fsp3) is 0.750. The van der Waals surface area contributed by atoms with Crippen LogP contribution in [0.2, 0.25) is 0 Å². The molecule has 0 radical (unpaired) electrons. The molecule has 0 N–H and O–H groups in total. The van der Waals surface area contributed by atoms with E-state index in [1.807, 2.05) is 6.92 Å². The third-order valence-electron chi connectivity index (χ3n) is 3.65. The van der Waals surface area contributed by atoms with Crippen LogP contribution < -0.4 is 0 Å². The zero-order valence-corrected chi connectivity index (χ0v) is 10.9. The van der Waals surface area contributed by atoms with E-state index in [1.54, 1.807) is 11.9 Å². The molecule has 1 unspecified atom stereocenters. The Balaban J connectivity index is 1.98. The average molecular weight is 253 g/mol. The molecular weight excluding hydrogens is 234 g/mol. The van der Waals surface area contributed by atoms with Gasteiger partial charge in [-0.25, -0.2) is 4.79 Å². The van der Waals surface area contributed by atoms with Crippen LogP contribution >= 0.6 is 0 Å². The number of likely N-dealkylation sites (tertiary alicyclic amines) is 1. The van der Waals surface area contributed by atoms with Crippen LogP contribution in [0.3, 0.4) is 0 Å². The molecule has 2 aliphatic heterocycles. The number of imide groups is 1. The molecule has 2 fully saturated rings. The number of rotatable bonds is 2. The highest BCUT2D eigenvalue weighted by Crippen LogP contribution is 2.17. The van der Waals surface area contributed by atoms with Crippen molar-refractivity contribution in [1.82, 2.24) is 14.7 Å². The van der Waals surface area contributed by atoms with Crippen LogP contribution in [0.15, 0.2) is 0 Å². The number of hydrogen-bond acceptors (Lipinski definition) is 3. The van der Waals surface area contributed by atoms with Crippen LogP contribution in [0.4, 0.5) is 4.79 Å². The summed E-state index contributed by atoms with van der Waals surface area (Å²) >= 11 is 0. The first-order valence-corrected chi connectivity index (χ1v) is 6.35. The van der Waals surface area contributed by atoms with Crippen molar-refractivity contribution >= 4 is 17.8 Å². The Morgan fingerprint density at radius 1 is 1.33 bits per heavy atom. The number of hydrogen-bond donors (Lipinski definition) is 0. The lowest BCUT2D eigenvalue weighted by Crippen LogP contribution is -2.48. The summed E-state index contributed by atoms with van der Waals surface area (Å²) in [5.41, 5.74) is 0. The molecule has 6 heteroatoms. The summed E-state index contributed by atoms with van der Waals surface area (Å²) in [4.78, 5) is 39.5. The molecule has 100 valence electrons. The largest absolute Gasteiger partial charge is 0.338 e. The Hall–Kier alpha value is -1.59. The van der Waals surface area contributed by atoms with Gasteiger partial charge in [-0.1, -0.05) is 0 Å². The van der Waals surface area contributed by atoms with Crippen LogP contribution in [0.5, 0.6) is 0 Å². The smallest absolute Gasteiger partial charge is 0.327 e. The summed E-state index contributed by atoms with van der Waals surface area (Å²) in [6.07, 6.45) is 3.13. The molecule has 0 spiro atoms. The van der Waals surface area contributed by atoms with Crippen molar-refractivity contribution in [1.29, 1.82) is 0 Å². The Labute approximate surface area is 107 Å². The SMILES string of the molecule is CC1CCCCN1C(=O)CN1C(=O)CN(C)C1=O. The van der Waals surface area contributed by atoms with E-state index in [9.17, 15) is 14.4 Å². The quantitative estimate of drug-likeness (QED) is 0.664. The van der Waals surface area contributed by atoms with Crippen LogP contribution in [0.1, 0.15) is 26.2 Å². The summed E-state index contributed by atoms with van der Waals surface area (Å²) in [7, 11) is 1.56. The van der Waals surface area contributed by atoms with Crippen LogP contribution in [-0.4, -0.2) is 65.3 Å². The van der Waals surface area contributed by atoms with E-state index in [2.05, 4.69) is 0 Å². The molecule has 0 saturated carbocycles. The Kier molecular flexibility index (Phi) is 3.54. The number of piperidine rings is 1. The Morgan fingerprint density at radius 2 is 2.06 bits per heavy atom. The first kappa shape index (κ1) is 12.9. The van der Waals surface area contributed by atoms with Crippen molar-refractivity contribution in [2.24, 2.45) is 0 Å². The van der Waals surface area contributed by atoms with E-state index in [4.69, 9.17) is 0 Å². The van der Waals surface area contributed by atoms with Crippen molar-refractivity contribution < 1.29 is 14.4 Å².